The van der Waals surface area contributed by atoms with Crippen LogP contribution in [0.3, 0.4) is 0 Å². The average Bonchev–Trinajstić information content (AvgIpc) is 3.74. The molecule has 0 bridgehead atoms. The molecule has 5 nitrogen and oxygen atoms in total. The Morgan fingerprint density at radius 2 is 0.942 bits per heavy atom. The van der Waals surface area contributed by atoms with Crippen LogP contribution in [-0.2, 0) is 0 Å². The molecule has 8 aromatic carbocycles. The van der Waals surface area contributed by atoms with Gasteiger partial charge in [-0.05, 0) is 64.0 Å². The van der Waals surface area contributed by atoms with Crippen molar-refractivity contribution in [3.05, 3.63) is 170 Å². The number of hydrogen-bond donors (Lipinski definition) is 0. The van der Waals surface area contributed by atoms with Gasteiger partial charge in [0.2, 0.25) is 0 Å². The Morgan fingerprint density at radius 1 is 0.404 bits per heavy atom. The van der Waals surface area contributed by atoms with Crippen LogP contribution < -0.4 is 0 Å². The highest BCUT2D eigenvalue weighted by Crippen LogP contribution is 2.43. The zero-order valence-electron chi connectivity index (χ0n) is 27.9. The highest BCUT2D eigenvalue weighted by Gasteiger charge is 2.23. The van der Waals surface area contributed by atoms with Crippen molar-refractivity contribution in [2.45, 2.75) is 0 Å². The lowest BCUT2D eigenvalue weighted by molar-refractivity contribution is 0.667. The molecule has 0 saturated carbocycles. The van der Waals surface area contributed by atoms with E-state index in [-0.39, 0.29) is 0 Å². The van der Waals surface area contributed by atoms with Crippen LogP contribution in [0.1, 0.15) is 0 Å². The van der Waals surface area contributed by atoms with Crippen molar-refractivity contribution in [3.8, 4) is 39.9 Å². The fourth-order valence-corrected chi connectivity index (χ4v) is 7.76. The highest BCUT2D eigenvalue weighted by molar-refractivity contribution is 6.19. The topological polar surface area (TPSA) is 56.7 Å². The fraction of sp³-hybridized carbons (Fsp3) is 0. The second-order valence-corrected chi connectivity index (χ2v) is 13.2. The minimum absolute atomic E-state index is 0.591. The van der Waals surface area contributed by atoms with Gasteiger partial charge in [-0.3, -0.25) is 0 Å². The van der Waals surface area contributed by atoms with Crippen LogP contribution in [0.25, 0.3) is 105 Å². The number of nitrogens with zero attached hydrogens (tertiary/aromatic N) is 4. The third-order valence-corrected chi connectivity index (χ3v) is 10.2. The molecule has 11 rings (SSSR count). The number of fused-ring (bicyclic) bond motifs is 8. The maximum absolute atomic E-state index is 7.00. The Balaban J connectivity index is 1.26. The van der Waals surface area contributed by atoms with Gasteiger partial charge in [0.05, 0.1) is 16.7 Å². The number of benzene rings is 8. The van der Waals surface area contributed by atoms with Gasteiger partial charge in [0.15, 0.2) is 23.1 Å². The van der Waals surface area contributed by atoms with Gasteiger partial charge in [0.1, 0.15) is 5.58 Å². The van der Waals surface area contributed by atoms with Crippen LogP contribution in [0.2, 0.25) is 0 Å². The largest absolute Gasteiger partial charge is 0.454 e. The molecule has 3 heterocycles. The number of hydrogen-bond acceptors (Lipinski definition) is 4. The maximum Gasteiger partial charge on any atom is 0.164 e. The number of para-hydroxylation sites is 1. The molecule has 52 heavy (non-hydrogen) atoms. The average molecular weight is 665 g/mol. The summed E-state index contributed by atoms with van der Waals surface area (Å²) in [5.74, 6) is 1.83. The number of aromatic nitrogens is 4. The second-order valence-electron chi connectivity index (χ2n) is 13.2. The molecule has 5 heteroatoms. The monoisotopic (exact) mass is 664 g/mol. The summed E-state index contributed by atoms with van der Waals surface area (Å²) in [6, 6.07) is 59.1. The van der Waals surface area contributed by atoms with E-state index in [9.17, 15) is 0 Å². The molecule has 0 fully saturated rings. The summed E-state index contributed by atoms with van der Waals surface area (Å²) >= 11 is 0. The minimum Gasteiger partial charge on any atom is -0.454 e. The first-order valence-electron chi connectivity index (χ1n) is 17.4. The molecule has 0 aliphatic carbocycles. The smallest absolute Gasteiger partial charge is 0.164 e. The first-order valence-corrected chi connectivity index (χ1v) is 17.4. The van der Waals surface area contributed by atoms with E-state index in [0.29, 0.717) is 17.5 Å². The van der Waals surface area contributed by atoms with Crippen molar-refractivity contribution >= 4 is 65.3 Å². The Labute approximate surface area is 298 Å². The predicted molar refractivity (Wildman–Crippen MR) is 213 cm³/mol. The van der Waals surface area contributed by atoms with E-state index in [1.165, 1.54) is 21.5 Å². The Kier molecular flexibility index (Phi) is 6.18. The first kappa shape index (κ1) is 28.7. The molecule has 11 aromatic rings. The molecule has 242 valence electrons. The van der Waals surface area contributed by atoms with E-state index in [1.807, 2.05) is 60.7 Å². The maximum atomic E-state index is 7.00. The molecular weight excluding hydrogens is 637 g/mol. The normalized spacial score (nSPS) is 11.8. The van der Waals surface area contributed by atoms with Crippen LogP contribution in [0.15, 0.2) is 174 Å². The quantitative estimate of drug-likeness (QED) is 0.188. The summed E-state index contributed by atoms with van der Waals surface area (Å²) in [6.07, 6.45) is 0. The van der Waals surface area contributed by atoms with Crippen LogP contribution >= 0.6 is 0 Å². The summed E-state index contributed by atoms with van der Waals surface area (Å²) in [5, 5.41) is 9.04. The van der Waals surface area contributed by atoms with Crippen molar-refractivity contribution in [3.63, 3.8) is 0 Å². The van der Waals surface area contributed by atoms with Crippen molar-refractivity contribution in [1.29, 1.82) is 0 Å². The Bertz CT molecular complexity index is 3120. The van der Waals surface area contributed by atoms with Crippen LogP contribution in [-0.4, -0.2) is 19.5 Å². The molecule has 0 saturated heterocycles. The van der Waals surface area contributed by atoms with Gasteiger partial charge >= 0.3 is 0 Å². The Morgan fingerprint density at radius 3 is 1.62 bits per heavy atom. The summed E-state index contributed by atoms with van der Waals surface area (Å²) in [6.45, 7) is 0. The highest BCUT2D eigenvalue weighted by atomic mass is 16.3. The zero-order chi connectivity index (χ0) is 34.2. The summed E-state index contributed by atoms with van der Waals surface area (Å²) in [5.41, 5.74) is 7.53. The van der Waals surface area contributed by atoms with Gasteiger partial charge in [-0.25, -0.2) is 15.0 Å². The van der Waals surface area contributed by atoms with E-state index in [1.54, 1.807) is 0 Å². The van der Waals surface area contributed by atoms with E-state index in [4.69, 9.17) is 19.4 Å². The van der Waals surface area contributed by atoms with Gasteiger partial charge in [0, 0.05) is 38.2 Å². The van der Waals surface area contributed by atoms with Gasteiger partial charge in [-0.15, -0.1) is 0 Å². The summed E-state index contributed by atoms with van der Waals surface area (Å²) in [7, 11) is 0. The van der Waals surface area contributed by atoms with Crippen LogP contribution in [0.5, 0.6) is 0 Å². The lowest BCUT2D eigenvalue weighted by atomic mass is 10.0. The van der Waals surface area contributed by atoms with Crippen molar-refractivity contribution < 1.29 is 4.42 Å². The first-order chi connectivity index (χ1) is 25.8. The van der Waals surface area contributed by atoms with Gasteiger partial charge in [-0.2, -0.15) is 0 Å². The van der Waals surface area contributed by atoms with Gasteiger partial charge in [-0.1, -0.05) is 127 Å². The van der Waals surface area contributed by atoms with Crippen molar-refractivity contribution in [2.24, 2.45) is 0 Å². The molecule has 0 amide bonds. The van der Waals surface area contributed by atoms with E-state index >= 15 is 0 Å². The molecule has 0 atom stereocenters. The van der Waals surface area contributed by atoms with Crippen molar-refractivity contribution in [1.82, 2.24) is 19.5 Å². The van der Waals surface area contributed by atoms with Gasteiger partial charge in [0.25, 0.3) is 0 Å². The second kappa shape index (κ2) is 11.2. The number of furan rings is 1. The minimum atomic E-state index is 0.591. The van der Waals surface area contributed by atoms with Crippen molar-refractivity contribution in [2.75, 3.05) is 0 Å². The Hall–Kier alpha value is -7.11. The molecule has 0 unspecified atom stereocenters. The molecule has 0 radical (unpaired) electrons. The summed E-state index contributed by atoms with van der Waals surface area (Å²) in [4.78, 5) is 15.3. The molecule has 0 aliphatic heterocycles. The van der Waals surface area contributed by atoms with E-state index in [0.717, 1.165) is 66.1 Å². The fourth-order valence-electron chi connectivity index (χ4n) is 7.76. The van der Waals surface area contributed by atoms with E-state index < -0.39 is 0 Å². The van der Waals surface area contributed by atoms with Crippen LogP contribution in [0, 0.1) is 0 Å². The lowest BCUT2D eigenvalue weighted by Crippen LogP contribution is -2.01. The predicted octanol–water partition coefficient (Wildman–Crippen LogP) is 12.2. The SMILES string of the molecule is c1ccc(-c2nc(-c3ccccc3)nc(-c3ccc(-n4c5ccccc5c5cc6ccccc6cc54)c4oc5cc6ccccc6cc5c34)n2)cc1. The standard InChI is InChI=1S/C47H28N4O/c1-3-13-29(14-4-1)45-48-46(30-15-5-2-6-16-30)50-47(49-45)36-23-24-40(44-43(36)38-26-32-18-8-10-20-34(32)28-42(38)52-44)51-39-22-12-11-21-35(39)37-25-31-17-7-9-19-33(31)27-41(37)51/h1-28H. The molecule has 0 spiro atoms. The third kappa shape index (κ3) is 4.39. The third-order valence-electron chi connectivity index (χ3n) is 10.2. The van der Waals surface area contributed by atoms with E-state index in [2.05, 4.69) is 114 Å². The molecule has 0 N–H and O–H groups in total. The van der Waals surface area contributed by atoms with Crippen LogP contribution in [0.4, 0.5) is 0 Å². The van der Waals surface area contributed by atoms with Gasteiger partial charge < -0.3 is 8.98 Å². The molecule has 0 aliphatic rings. The lowest BCUT2D eigenvalue weighted by Gasteiger charge is -2.13. The summed E-state index contributed by atoms with van der Waals surface area (Å²) < 4.78 is 9.35. The molecular formula is C47H28N4O. The zero-order valence-corrected chi connectivity index (χ0v) is 27.9. The number of rotatable bonds is 4. The molecule has 3 aromatic heterocycles.